The van der Waals surface area contributed by atoms with Gasteiger partial charge in [0, 0.05) is 62.1 Å². The van der Waals surface area contributed by atoms with Gasteiger partial charge in [0.15, 0.2) is 0 Å². The second kappa shape index (κ2) is 13.3. The van der Waals surface area contributed by atoms with Gasteiger partial charge in [-0.25, -0.2) is 9.97 Å². The zero-order valence-corrected chi connectivity index (χ0v) is 22.3. The Balaban J connectivity index is 0.00000127. The summed E-state index contributed by atoms with van der Waals surface area (Å²) in [5.41, 5.74) is 6.22. The molecule has 0 fully saturated rings. The number of likely N-dealkylation sites (N-methyl/N-ethyl adjacent to an activating group) is 2. The van der Waals surface area contributed by atoms with Crippen molar-refractivity contribution in [2.45, 2.75) is 21.3 Å². The highest BCUT2D eigenvalue weighted by molar-refractivity contribution is 5.97. The Kier molecular flexibility index (Phi) is 10.4. The Morgan fingerprint density at radius 2 is 1.77 bits per heavy atom. The van der Waals surface area contributed by atoms with Gasteiger partial charge in [0.25, 0.3) is 5.69 Å². The summed E-state index contributed by atoms with van der Waals surface area (Å²) in [6, 6.07) is 11.5. The molecule has 2 aromatic heterocycles. The van der Waals surface area contributed by atoms with Crippen molar-refractivity contribution >= 4 is 40.1 Å². The highest BCUT2D eigenvalue weighted by Crippen LogP contribution is 2.35. The summed E-state index contributed by atoms with van der Waals surface area (Å²) < 4.78 is 2.09. The van der Waals surface area contributed by atoms with Crippen molar-refractivity contribution < 1.29 is 14.5 Å². The summed E-state index contributed by atoms with van der Waals surface area (Å²) in [5.74, 6) is 0.388. The van der Waals surface area contributed by atoms with Crippen molar-refractivity contribution in [2.24, 2.45) is 7.05 Å². The lowest BCUT2D eigenvalue weighted by Crippen LogP contribution is -2.29. The Morgan fingerprint density at radius 3 is 2.41 bits per heavy atom. The fourth-order valence-electron chi connectivity index (χ4n) is 4.25. The summed E-state index contributed by atoms with van der Waals surface area (Å²) >= 11 is 0. The topological polar surface area (TPSA) is 126 Å². The van der Waals surface area contributed by atoms with Crippen LogP contribution in [-0.4, -0.2) is 64.7 Å². The maximum atomic E-state index is 11.9. The van der Waals surface area contributed by atoms with Crippen LogP contribution in [0.2, 0.25) is 0 Å². The summed E-state index contributed by atoms with van der Waals surface area (Å²) in [7, 11) is 7.85. The van der Waals surface area contributed by atoms with Crippen molar-refractivity contribution in [3.05, 3.63) is 70.0 Å². The molecule has 1 N–H and O–H groups in total. The average Bonchev–Trinajstić information content (AvgIpc) is 3.22. The molecule has 0 saturated carbocycles. The lowest BCUT2D eigenvalue weighted by Gasteiger charge is -2.22. The number of nitrogens with one attached hydrogen (secondary N) is 1. The van der Waals surface area contributed by atoms with Gasteiger partial charge in [-0.2, -0.15) is 9.59 Å². The van der Waals surface area contributed by atoms with Gasteiger partial charge >= 0.3 is 6.15 Å². The molecule has 11 heteroatoms. The number of nitro groups is 1. The van der Waals surface area contributed by atoms with E-state index in [2.05, 4.69) is 40.1 Å². The largest absolute Gasteiger partial charge is 0.373 e. The maximum absolute atomic E-state index is 11.9. The van der Waals surface area contributed by atoms with Crippen molar-refractivity contribution in [1.82, 2.24) is 19.4 Å². The molecule has 4 aromatic rings. The van der Waals surface area contributed by atoms with E-state index in [0.717, 1.165) is 34.3 Å². The first kappa shape index (κ1) is 30.6. The summed E-state index contributed by atoms with van der Waals surface area (Å²) in [4.78, 5) is 40.9. The number of hydrogen-bond donors (Lipinski definition) is 1. The minimum Gasteiger partial charge on any atom is -0.368 e. The van der Waals surface area contributed by atoms with Crippen molar-refractivity contribution in [1.29, 1.82) is 0 Å². The Morgan fingerprint density at radius 1 is 1.08 bits per heavy atom. The van der Waals surface area contributed by atoms with Crippen LogP contribution in [0.1, 0.15) is 18.6 Å². The van der Waals surface area contributed by atoms with Crippen molar-refractivity contribution in [3.8, 4) is 11.3 Å². The van der Waals surface area contributed by atoms with Gasteiger partial charge in [-0.05, 0) is 57.3 Å². The van der Waals surface area contributed by atoms with Gasteiger partial charge in [0.1, 0.15) is 5.69 Å². The van der Waals surface area contributed by atoms with Crippen LogP contribution < -0.4 is 10.2 Å². The molecule has 0 amide bonds. The van der Waals surface area contributed by atoms with Crippen LogP contribution in [-0.2, 0) is 16.6 Å². The van der Waals surface area contributed by atoms with Crippen LogP contribution in [0.5, 0.6) is 0 Å². The average molecular weight is 534 g/mol. The molecule has 0 spiro atoms. The third-order valence-corrected chi connectivity index (χ3v) is 6.21. The van der Waals surface area contributed by atoms with E-state index in [-0.39, 0.29) is 24.2 Å². The number of nitro benzene ring substituents is 1. The van der Waals surface area contributed by atoms with Crippen LogP contribution >= 0.6 is 0 Å². The lowest BCUT2D eigenvalue weighted by molar-refractivity contribution is -0.384. The fraction of sp³-hybridized carbons (Fsp3) is 0.321. The van der Waals surface area contributed by atoms with Crippen LogP contribution in [0.25, 0.3) is 22.2 Å². The van der Waals surface area contributed by atoms with E-state index in [1.54, 1.807) is 12.3 Å². The summed E-state index contributed by atoms with van der Waals surface area (Å²) in [6.45, 7) is 5.48. The summed E-state index contributed by atoms with van der Waals surface area (Å²) in [5, 5.41) is 16.2. The molecule has 0 aliphatic rings. The number of nitrogens with zero attached hydrogens (tertiary/aromatic N) is 6. The quantitative estimate of drug-likeness (QED) is 0.247. The van der Waals surface area contributed by atoms with Gasteiger partial charge in [0.05, 0.1) is 16.3 Å². The molecule has 39 heavy (non-hydrogen) atoms. The molecule has 4 rings (SSSR count). The van der Waals surface area contributed by atoms with E-state index in [1.807, 2.05) is 63.1 Å². The molecular weight excluding hydrogens is 498 g/mol. The van der Waals surface area contributed by atoms with Gasteiger partial charge in [0.2, 0.25) is 5.95 Å². The smallest absolute Gasteiger partial charge is 0.368 e. The number of carbonyl (C=O) groups excluding carboxylic acids is 2. The summed E-state index contributed by atoms with van der Waals surface area (Å²) in [6.07, 6.45) is 4.02. The van der Waals surface area contributed by atoms with Gasteiger partial charge in [-0.15, -0.1) is 0 Å². The van der Waals surface area contributed by atoms with Crippen molar-refractivity contribution in [2.75, 3.05) is 44.4 Å². The highest BCUT2D eigenvalue weighted by Gasteiger charge is 2.21. The standard InChI is InChI=1S/C26H31N7O2.CO2.CH4/c1-17-8-7-9-22-25(17)19(16-32(22)6)20-10-11-27-26(28-20)29-21-15-24(33(34)35)23(14-18(21)2)31(5)13-12-30(3)4;2-1-3;/h7-11,14-16H,12-13H2,1-6H3,(H,27,28,29);;1H4. The fourth-order valence-corrected chi connectivity index (χ4v) is 4.25. The molecule has 0 unspecified atom stereocenters. The first-order valence-electron chi connectivity index (χ1n) is 11.9. The second-order valence-electron chi connectivity index (χ2n) is 9.23. The molecule has 0 radical (unpaired) electrons. The van der Waals surface area contributed by atoms with Crippen LogP contribution in [0, 0.1) is 24.0 Å². The number of benzene rings is 2. The van der Waals surface area contributed by atoms with E-state index >= 15 is 0 Å². The molecule has 0 atom stereocenters. The molecule has 2 heterocycles. The molecule has 0 bridgehead atoms. The number of anilines is 3. The lowest BCUT2D eigenvalue weighted by atomic mass is 10.1. The predicted molar refractivity (Wildman–Crippen MR) is 153 cm³/mol. The predicted octanol–water partition coefficient (Wildman–Crippen LogP) is 4.95. The van der Waals surface area contributed by atoms with E-state index in [0.29, 0.717) is 23.9 Å². The minimum atomic E-state index is -0.345. The molecule has 2 aromatic carbocycles. The normalized spacial score (nSPS) is 10.3. The van der Waals surface area contributed by atoms with Gasteiger partial charge < -0.3 is 19.7 Å². The third kappa shape index (κ3) is 7.04. The molecule has 206 valence electrons. The van der Waals surface area contributed by atoms with Crippen LogP contribution in [0.4, 0.5) is 23.0 Å². The third-order valence-electron chi connectivity index (χ3n) is 6.21. The molecule has 0 aliphatic carbocycles. The first-order valence-corrected chi connectivity index (χ1v) is 11.9. The number of rotatable bonds is 8. The first-order chi connectivity index (χ1) is 18.1. The Labute approximate surface area is 228 Å². The zero-order valence-electron chi connectivity index (χ0n) is 22.3. The number of fused-ring (bicyclic) bond motifs is 1. The molecule has 11 nitrogen and oxygen atoms in total. The number of aromatic nitrogens is 3. The van der Waals surface area contributed by atoms with Crippen LogP contribution in [0.15, 0.2) is 48.8 Å². The van der Waals surface area contributed by atoms with Gasteiger partial charge in [-0.3, -0.25) is 10.1 Å². The number of aryl methyl sites for hydroxylation is 3. The SMILES string of the molecule is C.Cc1cc(N(C)CCN(C)C)c([N+](=O)[O-])cc1Nc1nccc(-c2cn(C)c3cccc(C)c23)n1.O=C=O. The van der Waals surface area contributed by atoms with E-state index in [4.69, 9.17) is 14.6 Å². The van der Waals surface area contributed by atoms with Gasteiger partial charge in [-0.1, -0.05) is 19.6 Å². The van der Waals surface area contributed by atoms with Crippen LogP contribution in [0.3, 0.4) is 0 Å². The monoisotopic (exact) mass is 533 g/mol. The number of hydrogen-bond acceptors (Lipinski definition) is 9. The Hall–Kier alpha value is -4.60. The van der Waals surface area contributed by atoms with Crippen molar-refractivity contribution in [3.63, 3.8) is 0 Å². The Bertz CT molecular complexity index is 1490. The second-order valence-corrected chi connectivity index (χ2v) is 9.23. The zero-order chi connectivity index (χ0) is 28.0. The molecule has 0 saturated heterocycles. The maximum Gasteiger partial charge on any atom is 0.373 e. The molecule has 0 aliphatic heterocycles. The van der Waals surface area contributed by atoms with E-state index < -0.39 is 0 Å². The van der Waals surface area contributed by atoms with E-state index in [1.165, 1.54) is 5.56 Å². The highest BCUT2D eigenvalue weighted by atomic mass is 16.6. The van der Waals surface area contributed by atoms with E-state index in [9.17, 15) is 10.1 Å². The molecular formula is C28H35N7O4. The minimum absolute atomic E-state index is 0.